The summed E-state index contributed by atoms with van der Waals surface area (Å²) in [5.74, 6) is -1.13. The average molecular weight is 370 g/mol. The zero-order chi connectivity index (χ0) is 18.8. The van der Waals surface area contributed by atoms with Crippen LogP contribution in [-0.2, 0) is 0 Å². The SMILES string of the molecule is Cc1cc(Cl)cc(C(=O)O)c1N=Cc1c(C)[nH]n(-c2ccccc2)c1=O. The zero-order valence-electron chi connectivity index (χ0n) is 14.2. The van der Waals surface area contributed by atoms with Crippen molar-refractivity contribution in [3.05, 3.63) is 80.2 Å². The third-order valence-electron chi connectivity index (χ3n) is 3.95. The van der Waals surface area contributed by atoms with Crippen LogP contribution in [0, 0.1) is 13.8 Å². The second-order valence-electron chi connectivity index (χ2n) is 5.81. The molecule has 0 aliphatic heterocycles. The van der Waals surface area contributed by atoms with Gasteiger partial charge in [-0.25, -0.2) is 9.48 Å². The monoisotopic (exact) mass is 369 g/mol. The Morgan fingerprint density at radius 1 is 1.23 bits per heavy atom. The number of H-pyrrole nitrogens is 1. The van der Waals surface area contributed by atoms with Crippen LogP contribution in [0.15, 0.2) is 52.3 Å². The number of nitrogens with one attached hydrogen (secondary N) is 1. The van der Waals surface area contributed by atoms with Crippen LogP contribution in [0.5, 0.6) is 0 Å². The maximum atomic E-state index is 12.7. The highest BCUT2D eigenvalue weighted by molar-refractivity contribution is 6.31. The van der Waals surface area contributed by atoms with E-state index < -0.39 is 5.97 Å². The summed E-state index contributed by atoms with van der Waals surface area (Å²) in [5, 5.41) is 12.7. The van der Waals surface area contributed by atoms with Crippen LogP contribution in [0.25, 0.3) is 5.69 Å². The first-order valence-corrected chi connectivity index (χ1v) is 8.21. The van der Waals surface area contributed by atoms with Crippen LogP contribution in [-0.4, -0.2) is 27.1 Å². The number of nitrogens with zero attached hydrogens (tertiary/aromatic N) is 2. The molecule has 0 saturated heterocycles. The van der Waals surface area contributed by atoms with Crippen molar-refractivity contribution in [3.63, 3.8) is 0 Å². The van der Waals surface area contributed by atoms with Gasteiger partial charge in [0.25, 0.3) is 5.56 Å². The van der Waals surface area contributed by atoms with Gasteiger partial charge in [-0.2, -0.15) is 0 Å². The van der Waals surface area contributed by atoms with Crippen molar-refractivity contribution in [3.8, 4) is 5.69 Å². The first kappa shape index (κ1) is 17.7. The number of aromatic nitrogens is 2. The Labute approximate surface area is 154 Å². The molecule has 0 amide bonds. The van der Waals surface area contributed by atoms with Gasteiger partial charge in [0.15, 0.2) is 0 Å². The van der Waals surface area contributed by atoms with E-state index in [9.17, 15) is 14.7 Å². The summed E-state index contributed by atoms with van der Waals surface area (Å²) in [6.45, 7) is 3.48. The third-order valence-corrected chi connectivity index (χ3v) is 4.17. The van der Waals surface area contributed by atoms with Crippen LogP contribution in [0.2, 0.25) is 5.02 Å². The number of hydrogen-bond acceptors (Lipinski definition) is 3. The molecular weight excluding hydrogens is 354 g/mol. The number of carboxylic acid groups (broad SMARTS) is 1. The van der Waals surface area contributed by atoms with Crippen LogP contribution < -0.4 is 5.56 Å². The predicted octanol–water partition coefficient (Wildman–Crippen LogP) is 3.88. The summed E-state index contributed by atoms with van der Waals surface area (Å²) in [6, 6.07) is 12.1. The normalized spacial score (nSPS) is 11.2. The number of aliphatic imine (C=N–C) groups is 1. The fourth-order valence-corrected chi connectivity index (χ4v) is 2.94. The largest absolute Gasteiger partial charge is 0.478 e. The van der Waals surface area contributed by atoms with Crippen molar-refractivity contribution >= 4 is 29.5 Å². The average Bonchev–Trinajstić information content (AvgIpc) is 2.88. The molecule has 0 unspecified atom stereocenters. The highest BCUT2D eigenvalue weighted by atomic mass is 35.5. The Morgan fingerprint density at radius 2 is 1.92 bits per heavy atom. The Kier molecular flexibility index (Phi) is 4.77. The molecule has 2 N–H and O–H groups in total. The summed E-state index contributed by atoms with van der Waals surface area (Å²) >= 11 is 5.93. The first-order chi connectivity index (χ1) is 12.4. The minimum absolute atomic E-state index is 0.0113. The smallest absolute Gasteiger partial charge is 0.337 e. The topological polar surface area (TPSA) is 87.4 Å². The van der Waals surface area contributed by atoms with E-state index in [1.807, 2.05) is 30.3 Å². The number of carboxylic acids is 1. The van der Waals surface area contributed by atoms with E-state index in [-0.39, 0.29) is 16.8 Å². The minimum Gasteiger partial charge on any atom is -0.478 e. The Morgan fingerprint density at radius 3 is 2.58 bits per heavy atom. The maximum Gasteiger partial charge on any atom is 0.337 e. The fraction of sp³-hybridized carbons (Fsp3) is 0.105. The molecule has 0 saturated carbocycles. The van der Waals surface area contributed by atoms with Crippen LogP contribution in [0.1, 0.15) is 27.2 Å². The van der Waals surface area contributed by atoms with Crippen LogP contribution in [0.4, 0.5) is 5.69 Å². The predicted molar refractivity (Wildman–Crippen MR) is 102 cm³/mol. The molecule has 3 aromatic rings. The van der Waals surface area contributed by atoms with E-state index in [1.165, 1.54) is 17.0 Å². The van der Waals surface area contributed by atoms with Crippen molar-refractivity contribution < 1.29 is 9.90 Å². The number of benzene rings is 2. The van der Waals surface area contributed by atoms with Gasteiger partial charge in [0, 0.05) is 16.9 Å². The molecule has 0 atom stereocenters. The lowest BCUT2D eigenvalue weighted by Crippen LogP contribution is -2.17. The van der Waals surface area contributed by atoms with Crippen LogP contribution >= 0.6 is 11.6 Å². The number of aromatic amines is 1. The van der Waals surface area contributed by atoms with Crippen molar-refractivity contribution in [2.75, 3.05) is 0 Å². The quantitative estimate of drug-likeness (QED) is 0.684. The molecule has 2 aromatic carbocycles. The van der Waals surface area contributed by atoms with Crippen molar-refractivity contribution in [2.24, 2.45) is 4.99 Å². The lowest BCUT2D eigenvalue weighted by Gasteiger charge is -2.05. The zero-order valence-corrected chi connectivity index (χ0v) is 14.9. The van der Waals surface area contributed by atoms with E-state index in [1.54, 1.807) is 19.9 Å². The standard InChI is InChI=1S/C19H16ClN3O3/c1-11-8-13(20)9-15(19(25)26)17(11)21-10-16-12(2)22-23(18(16)24)14-6-4-3-5-7-14/h3-10,22H,1-2H3,(H,25,26). The summed E-state index contributed by atoms with van der Waals surface area (Å²) in [7, 11) is 0. The lowest BCUT2D eigenvalue weighted by molar-refractivity contribution is 0.0697. The maximum absolute atomic E-state index is 12.7. The number of rotatable bonds is 4. The van der Waals surface area contributed by atoms with Gasteiger partial charge >= 0.3 is 5.97 Å². The number of hydrogen-bond donors (Lipinski definition) is 2. The second kappa shape index (κ2) is 7.01. The van der Waals surface area contributed by atoms with E-state index in [4.69, 9.17) is 11.6 Å². The molecule has 7 heteroatoms. The number of aryl methyl sites for hydroxylation is 2. The number of carbonyl (C=O) groups is 1. The first-order valence-electron chi connectivity index (χ1n) is 7.83. The molecule has 0 bridgehead atoms. The van der Waals surface area contributed by atoms with Gasteiger partial charge < -0.3 is 5.11 Å². The Balaban J connectivity index is 2.08. The minimum atomic E-state index is -1.13. The van der Waals surface area contributed by atoms with Crippen LogP contribution in [0.3, 0.4) is 0 Å². The molecule has 1 heterocycles. The van der Waals surface area contributed by atoms with Gasteiger partial charge in [-0.05, 0) is 43.7 Å². The summed E-state index contributed by atoms with van der Waals surface area (Å²) in [6.07, 6.45) is 1.39. The fourth-order valence-electron chi connectivity index (χ4n) is 2.67. The molecule has 0 aliphatic rings. The van der Waals surface area contributed by atoms with E-state index >= 15 is 0 Å². The summed E-state index contributed by atoms with van der Waals surface area (Å²) in [5.41, 5.74) is 2.31. The highest BCUT2D eigenvalue weighted by Crippen LogP contribution is 2.28. The van der Waals surface area contributed by atoms with Gasteiger partial charge in [-0.3, -0.25) is 14.9 Å². The second-order valence-corrected chi connectivity index (χ2v) is 6.25. The number of aromatic carboxylic acids is 1. The Hall–Kier alpha value is -3.12. The summed E-state index contributed by atoms with van der Waals surface area (Å²) < 4.78 is 1.42. The number of para-hydroxylation sites is 1. The van der Waals surface area contributed by atoms with Gasteiger partial charge in [-0.1, -0.05) is 29.8 Å². The van der Waals surface area contributed by atoms with E-state index in [0.29, 0.717) is 27.5 Å². The van der Waals surface area contributed by atoms with Gasteiger partial charge in [0.1, 0.15) is 0 Å². The lowest BCUT2D eigenvalue weighted by atomic mass is 10.1. The van der Waals surface area contributed by atoms with Gasteiger partial charge in [0.05, 0.1) is 22.5 Å². The molecule has 0 aliphatic carbocycles. The van der Waals surface area contributed by atoms with Gasteiger partial charge in [-0.15, -0.1) is 0 Å². The molecule has 0 spiro atoms. The van der Waals surface area contributed by atoms with Gasteiger partial charge in [0.2, 0.25) is 0 Å². The molecule has 26 heavy (non-hydrogen) atoms. The molecule has 0 radical (unpaired) electrons. The van der Waals surface area contributed by atoms with Crippen molar-refractivity contribution in [1.82, 2.24) is 9.78 Å². The summed E-state index contributed by atoms with van der Waals surface area (Å²) in [4.78, 5) is 28.4. The van der Waals surface area contributed by atoms with Crippen molar-refractivity contribution in [2.45, 2.75) is 13.8 Å². The molecular formula is C19H16ClN3O3. The highest BCUT2D eigenvalue weighted by Gasteiger charge is 2.15. The molecule has 132 valence electrons. The van der Waals surface area contributed by atoms with E-state index in [2.05, 4.69) is 10.1 Å². The Bertz CT molecular complexity index is 1070. The van der Waals surface area contributed by atoms with E-state index in [0.717, 1.165) is 0 Å². The molecule has 3 rings (SSSR count). The van der Waals surface area contributed by atoms with Crippen molar-refractivity contribution in [1.29, 1.82) is 0 Å². The molecule has 6 nitrogen and oxygen atoms in total. The molecule has 1 aromatic heterocycles. The molecule has 0 fully saturated rings. The number of halogens is 1. The third kappa shape index (κ3) is 3.32.